The van der Waals surface area contributed by atoms with E-state index in [1.165, 1.54) is 17.5 Å². The molecular formula is C12H17BrN2O4S2. The van der Waals surface area contributed by atoms with E-state index in [-0.39, 0.29) is 15.8 Å². The number of sulfonamides is 1. The maximum absolute atomic E-state index is 12.7. The second kappa shape index (κ2) is 6.33. The van der Waals surface area contributed by atoms with Gasteiger partial charge in [0.2, 0.25) is 10.0 Å². The summed E-state index contributed by atoms with van der Waals surface area (Å²) in [6, 6.07) is 1.17. The largest absolute Gasteiger partial charge is 0.465 e. The zero-order chi connectivity index (χ0) is 15.8. The van der Waals surface area contributed by atoms with Crippen molar-refractivity contribution in [3.8, 4) is 0 Å². The van der Waals surface area contributed by atoms with Crippen molar-refractivity contribution >= 4 is 43.3 Å². The van der Waals surface area contributed by atoms with Crippen LogP contribution in [-0.4, -0.2) is 44.9 Å². The summed E-state index contributed by atoms with van der Waals surface area (Å²) < 4.78 is 31.8. The number of hydrogen-bond donors (Lipinski definition) is 1. The van der Waals surface area contributed by atoms with E-state index in [0.29, 0.717) is 22.8 Å². The highest BCUT2D eigenvalue weighted by Gasteiger charge is 2.34. The fourth-order valence-electron chi connectivity index (χ4n) is 2.15. The highest BCUT2D eigenvalue weighted by Crippen LogP contribution is 2.35. The first kappa shape index (κ1) is 16.9. The van der Waals surface area contributed by atoms with Crippen LogP contribution in [0.15, 0.2) is 14.7 Å². The molecule has 0 bridgehead atoms. The number of nitrogens with two attached hydrogens (primary N) is 1. The molecule has 2 rings (SSSR count). The Balaban J connectivity index is 2.32. The lowest BCUT2D eigenvalue weighted by atomic mass is 9.96. The van der Waals surface area contributed by atoms with Gasteiger partial charge in [-0.25, -0.2) is 13.2 Å². The molecular weight excluding hydrogens is 380 g/mol. The van der Waals surface area contributed by atoms with Crippen molar-refractivity contribution < 1.29 is 17.9 Å². The number of ether oxygens (including phenoxy) is 1. The monoisotopic (exact) mass is 396 g/mol. The van der Waals surface area contributed by atoms with Crippen LogP contribution in [0.4, 0.5) is 0 Å². The van der Waals surface area contributed by atoms with Gasteiger partial charge in [-0.2, -0.15) is 4.31 Å². The third kappa shape index (κ3) is 3.31. The molecule has 1 aliphatic rings. The Labute approximate surface area is 136 Å². The third-order valence-electron chi connectivity index (χ3n) is 3.64. The van der Waals surface area contributed by atoms with E-state index in [9.17, 15) is 13.2 Å². The second-order valence-electron chi connectivity index (χ2n) is 5.03. The van der Waals surface area contributed by atoms with Gasteiger partial charge in [-0.15, -0.1) is 11.3 Å². The number of hydrogen-bond acceptors (Lipinski definition) is 6. The first-order valence-electron chi connectivity index (χ1n) is 6.40. The first-order chi connectivity index (χ1) is 9.77. The highest BCUT2D eigenvalue weighted by atomic mass is 79.9. The molecule has 0 radical (unpaired) electrons. The minimum Gasteiger partial charge on any atom is -0.465 e. The number of rotatable bonds is 3. The van der Waals surface area contributed by atoms with Crippen LogP contribution in [0.25, 0.3) is 0 Å². The van der Waals surface area contributed by atoms with Crippen molar-refractivity contribution in [3.63, 3.8) is 0 Å². The summed E-state index contributed by atoms with van der Waals surface area (Å²) in [4.78, 5) is 11.9. The van der Waals surface area contributed by atoms with Crippen LogP contribution in [0.3, 0.4) is 0 Å². The second-order valence-corrected chi connectivity index (χ2v) is 9.31. The Morgan fingerprint density at radius 2 is 2.24 bits per heavy atom. The maximum Gasteiger partial charge on any atom is 0.348 e. The molecule has 1 aromatic heterocycles. The molecule has 118 valence electrons. The summed E-state index contributed by atoms with van der Waals surface area (Å²) in [5, 5.41) is 0. The molecule has 2 N–H and O–H groups in total. The van der Waals surface area contributed by atoms with E-state index in [0.717, 1.165) is 17.8 Å². The SMILES string of the molecule is COC(=O)c1cc(S(=O)(=O)N2CCC(C)C(N)C2)c(Br)s1. The predicted molar refractivity (Wildman–Crippen MR) is 83.9 cm³/mol. The molecule has 2 unspecified atom stereocenters. The summed E-state index contributed by atoms with van der Waals surface area (Å²) in [7, 11) is -2.40. The lowest BCUT2D eigenvalue weighted by Gasteiger charge is -2.34. The number of halogens is 1. The summed E-state index contributed by atoms with van der Waals surface area (Å²) in [5.74, 6) is -0.251. The van der Waals surface area contributed by atoms with Crippen molar-refractivity contribution in [2.45, 2.75) is 24.3 Å². The summed E-state index contributed by atoms with van der Waals surface area (Å²) >= 11 is 4.26. The molecule has 0 saturated carbocycles. The van der Waals surface area contributed by atoms with Gasteiger partial charge in [0.1, 0.15) is 9.77 Å². The van der Waals surface area contributed by atoms with Crippen LogP contribution in [0.1, 0.15) is 23.0 Å². The van der Waals surface area contributed by atoms with E-state index in [4.69, 9.17) is 5.73 Å². The topological polar surface area (TPSA) is 89.7 Å². The van der Waals surface area contributed by atoms with E-state index >= 15 is 0 Å². The van der Waals surface area contributed by atoms with E-state index < -0.39 is 16.0 Å². The molecule has 0 spiro atoms. The maximum atomic E-state index is 12.7. The molecule has 1 saturated heterocycles. The number of carbonyl (C=O) groups excluding carboxylic acids is 1. The molecule has 2 heterocycles. The summed E-state index contributed by atoms with van der Waals surface area (Å²) in [5.41, 5.74) is 5.97. The van der Waals surface area contributed by atoms with Crippen LogP contribution in [0.5, 0.6) is 0 Å². The molecule has 0 amide bonds. The molecule has 9 heteroatoms. The quantitative estimate of drug-likeness (QED) is 0.784. The van der Waals surface area contributed by atoms with E-state index in [1.807, 2.05) is 6.92 Å². The standard InChI is InChI=1S/C12H17BrN2O4S2/c1-7-3-4-15(6-8(7)14)21(17,18)10-5-9(12(16)19-2)20-11(10)13/h5,7-8H,3-4,6,14H2,1-2H3. The van der Waals surface area contributed by atoms with Crippen LogP contribution in [0.2, 0.25) is 0 Å². The summed E-state index contributed by atoms with van der Waals surface area (Å²) in [6.45, 7) is 2.75. The van der Waals surface area contributed by atoms with Gasteiger partial charge in [0.25, 0.3) is 0 Å². The molecule has 0 aromatic carbocycles. The molecule has 1 fully saturated rings. The number of methoxy groups -OCH3 is 1. The van der Waals surface area contributed by atoms with Crippen LogP contribution < -0.4 is 5.73 Å². The molecule has 0 aliphatic carbocycles. The van der Waals surface area contributed by atoms with Gasteiger partial charge in [0.05, 0.1) is 10.9 Å². The molecule has 2 atom stereocenters. The van der Waals surface area contributed by atoms with Crippen molar-refractivity contribution in [1.82, 2.24) is 4.31 Å². The smallest absolute Gasteiger partial charge is 0.348 e. The highest BCUT2D eigenvalue weighted by molar-refractivity contribution is 9.11. The van der Waals surface area contributed by atoms with E-state index in [1.54, 1.807) is 0 Å². The Bertz CT molecular complexity index is 644. The fraction of sp³-hybridized carbons (Fsp3) is 0.583. The van der Waals surface area contributed by atoms with E-state index in [2.05, 4.69) is 20.7 Å². The Morgan fingerprint density at radius 3 is 2.81 bits per heavy atom. The van der Waals surface area contributed by atoms with Crippen LogP contribution in [0, 0.1) is 5.92 Å². The van der Waals surface area contributed by atoms with Crippen molar-refractivity contribution in [2.24, 2.45) is 11.7 Å². The first-order valence-corrected chi connectivity index (χ1v) is 9.45. The number of carbonyl (C=O) groups is 1. The third-order valence-corrected chi connectivity index (χ3v) is 7.74. The average molecular weight is 397 g/mol. The van der Waals surface area contributed by atoms with Gasteiger partial charge in [-0.3, -0.25) is 0 Å². The molecule has 1 aliphatic heterocycles. The minimum atomic E-state index is -3.66. The molecule has 21 heavy (non-hydrogen) atoms. The van der Waals surface area contributed by atoms with Gasteiger partial charge in [-0.1, -0.05) is 6.92 Å². The van der Waals surface area contributed by atoms with Gasteiger partial charge in [0.15, 0.2) is 0 Å². The lowest BCUT2D eigenvalue weighted by molar-refractivity contribution is 0.0606. The lowest BCUT2D eigenvalue weighted by Crippen LogP contribution is -2.49. The number of thiophene rings is 1. The number of piperidine rings is 1. The predicted octanol–water partition coefficient (Wildman–Crippen LogP) is 1.66. The van der Waals surface area contributed by atoms with Gasteiger partial charge in [0, 0.05) is 19.1 Å². The summed E-state index contributed by atoms with van der Waals surface area (Å²) in [6.07, 6.45) is 0.728. The number of esters is 1. The molecule has 1 aromatic rings. The van der Waals surface area contributed by atoms with Crippen molar-refractivity contribution in [3.05, 3.63) is 14.7 Å². The zero-order valence-electron chi connectivity index (χ0n) is 11.7. The fourth-order valence-corrected chi connectivity index (χ4v) is 6.08. The van der Waals surface area contributed by atoms with Crippen molar-refractivity contribution in [1.29, 1.82) is 0 Å². The van der Waals surface area contributed by atoms with Crippen LogP contribution in [-0.2, 0) is 14.8 Å². The Morgan fingerprint density at radius 1 is 1.57 bits per heavy atom. The Kier molecular flexibility index (Phi) is 5.09. The minimum absolute atomic E-state index is 0.0923. The Hall–Kier alpha value is -0.480. The van der Waals surface area contributed by atoms with Crippen LogP contribution >= 0.6 is 27.3 Å². The molecule has 6 nitrogen and oxygen atoms in total. The van der Waals surface area contributed by atoms with Gasteiger partial charge < -0.3 is 10.5 Å². The van der Waals surface area contributed by atoms with Crippen molar-refractivity contribution in [2.75, 3.05) is 20.2 Å². The normalized spacial score (nSPS) is 24.0. The number of nitrogens with zero attached hydrogens (tertiary/aromatic N) is 1. The van der Waals surface area contributed by atoms with Gasteiger partial charge in [-0.05, 0) is 34.3 Å². The average Bonchev–Trinajstić information content (AvgIpc) is 2.83. The zero-order valence-corrected chi connectivity index (χ0v) is 14.9. The van der Waals surface area contributed by atoms with Gasteiger partial charge >= 0.3 is 5.97 Å².